The molecule has 36 heteroatoms. The largest absolute Gasteiger partial charge is 2.00 e. The molecule has 0 spiro atoms. The second kappa shape index (κ2) is 55.8. The van der Waals surface area contributed by atoms with Gasteiger partial charge in [-0.25, -0.2) is 0 Å². The van der Waals surface area contributed by atoms with Gasteiger partial charge in [0.2, 0.25) is 5.91 Å². The summed E-state index contributed by atoms with van der Waals surface area (Å²) in [7, 11) is -10.9. The van der Waals surface area contributed by atoms with Gasteiger partial charge in [0.15, 0.2) is 13.6 Å². The number of amides is 1. The van der Waals surface area contributed by atoms with Crippen LogP contribution in [0.15, 0.2) is 97.1 Å². The van der Waals surface area contributed by atoms with Gasteiger partial charge in [-0.2, -0.15) is 0 Å². The van der Waals surface area contributed by atoms with Crippen molar-refractivity contribution >= 4 is 42.1 Å². The van der Waals surface area contributed by atoms with Crippen LogP contribution in [0.2, 0.25) is 0 Å². The third-order valence-corrected chi connectivity index (χ3v) is 22.6. The summed E-state index contributed by atoms with van der Waals surface area (Å²) < 4.78 is 136. The molecule has 4 aromatic carbocycles. The summed E-state index contributed by atoms with van der Waals surface area (Å²) in [6.07, 6.45) is 1.84. The molecule has 4 rings (SSSR count). The summed E-state index contributed by atoms with van der Waals surface area (Å²) >= 11 is 0. The zero-order valence-electron chi connectivity index (χ0n) is 71.3. The van der Waals surface area contributed by atoms with Gasteiger partial charge in [-0.3, -0.25) is 47.4 Å². The Morgan fingerprint density at radius 2 is 0.793 bits per heavy atom. The molecule has 31 nitrogen and oxygen atoms in total. The van der Waals surface area contributed by atoms with Gasteiger partial charge < -0.3 is 101 Å². The van der Waals surface area contributed by atoms with Crippen molar-refractivity contribution in [3.05, 3.63) is 119 Å². The fourth-order valence-electron chi connectivity index (χ4n) is 12.0. The van der Waals surface area contributed by atoms with Crippen molar-refractivity contribution in [2.45, 2.75) is 208 Å². The first-order chi connectivity index (χ1) is 54.0. The summed E-state index contributed by atoms with van der Waals surface area (Å²) in [5, 5.41) is 23.8. The van der Waals surface area contributed by atoms with Gasteiger partial charge >= 0.3 is 47.5 Å². The quantitative estimate of drug-likeness (QED) is 0.00934. The van der Waals surface area contributed by atoms with E-state index in [9.17, 15) is 48.5 Å². The SMILES string of the molecule is COCCOCCC(=O)CCCCCC(N(Cc1ccccc1O)CP(=O)(O)O)N(Cc1ccccc1O)CP(=O)(O)O.COCCOCCC(=O)NCCCC[C@@H](CN(Cc1ccccc1OCOCCOC)CP(=O)(OC(C)(C)C)OC(C)(C)C)N(Cc1ccccc1OCOCCOC)CP(=O)(OC(C)(C)C)OC(C)(C)C.[Fe+2]. The van der Waals surface area contributed by atoms with Gasteiger partial charge in [0.05, 0.1) is 94.6 Å². The van der Waals surface area contributed by atoms with Crippen LogP contribution < -0.4 is 14.8 Å². The number of hydrogen-bond donors (Lipinski definition) is 7. The molecule has 116 heavy (non-hydrogen) atoms. The molecule has 664 valence electrons. The third kappa shape index (κ3) is 50.9. The maximum absolute atomic E-state index is 15.5. The van der Waals surface area contributed by atoms with Crippen molar-refractivity contribution in [2.24, 2.45) is 0 Å². The first-order valence-corrected chi connectivity index (χ1v) is 46.1. The summed E-state index contributed by atoms with van der Waals surface area (Å²) in [5.74, 6) is 0.898. The molecule has 1 amide bonds. The van der Waals surface area contributed by atoms with E-state index in [1.165, 1.54) is 21.9 Å². The molecule has 0 radical (unpaired) electrons. The number of unbranched alkanes of at least 4 members (excludes halogenated alkanes) is 3. The predicted molar refractivity (Wildman–Crippen MR) is 442 cm³/mol. The molecule has 0 bridgehead atoms. The van der Waals surface area contributed by atoms with Crippen molar-refractivity contribution in [1.29, 1.82) is 0 Å². The fraction of sp³-hybridized carbons (Fsp3) is 0.675. The topological polar surface area (TPSA) is 378 Å². The van der Waals surface area contributed by atoms with Crippen LogP contribution in [0.25, 0.3) is 0 Å². The Morgan fingerprint density at radius 1 is 0.414 bits per heavy atom. The fourth-order valence-corrected chi connectivity index (χ4v) is 18.6. The normalized spacial score (nSPS) is 13.0. The van der Waals surface area contributed by atoms with Crippen molar-refractivity contribution in [2.75, 3.05) is 146 Å². The molecule has 1 atom stereocenters. The predicted octanol–water partition coefficient (Wildman–Crippen LogP) is 13.8. The number of phenols is 2. The smallest absolute Gasteiger partial charge is 0.508 e. The standard InChI is InChI=1S/C52H93N3O15P2.C28H44N2O11P2.Fe/c1-49(2,3)67-71(57,68-50(4,5)6)39-54(36-43-22-16-18-25-46(43)65-41-63-34-31-60-14)38-45(24-20-21-28-53-48(56)27-29-62-33-30-59-13)55(40-72(58,69-51(7,8)9)70-52(10,11)12)37-44-23-17-19-26-47(44)66-42-64-35-32-61-15;1-40-17-18-41-16-15-25(31)11-3-2-4-14-28(29(21-42(34,35)36)19-23-9-5-7-12-26(23)32)30(22-43(37,38)39)20-24-10-6-8-13-27(24)33;/h16-19,22-23,25-26,45H,20-21,24,27-42H2,1-15H3,(H,53,56);5-10,12-13,28,32-33H,2-4,11,14-22H2,1H3,(H2,34,35,36)(H2,37,38,39);/q;;+2/t45-;;/m0../s1. The number of carbonyl (C=O) groups is 2. The zero-order chi connectivity index (χ0) is 85.8. The van der Waals surface area contributed by atoms with Crippen LogP contribution in [0.3, 0.4) is 0 Å². The monoisotopic (exact) mass is 1760 g/mol. The van der Waals surface area contributed by atoms with Crippen LogP contribution in [0.5, 0.6) is 23.0 Å². The van der Waals surface area contributed by atoms with Gasteiger partial charge in [-0.15, -0.1) is 0 Å². The first-order valence-electron chi connectivity index (χ1n) is 39.0. The van der Waals surface area contributed by atoms with Gasteiger partial charge in [-0.1, -0.05) is 92.1 Å². The Kier molecular flexibility index (Phi) is 51.9. The van der Waals surface area contributed by atoms with E-state index >= 15 is 9.13 Å². The summed E-state index contributed by atoms with van der Waals surface area (Å²) in [4.78, 5) is 71.9. The van der Waals surface area contributed by atoms with Crippen molar-refractivity contribution < 1.29 is 140 Å². The molecule has 0 aliphatic rings. The molecular weight excluding hydrogens is 1630 g/mol. The number of phenolic OH excluding ortho intramolecular Hbond substituents is 2. The number of nitrogens with zero attached hydrogens (tertiary/aromatic N) is 4. The van der Waals surface area contributed by atoms with Crippen LogP contribution in [0, 0.1) is 0 Å². The number of methoxy groups -OCH3 is 4. The Hall–Kier alpha value is -4.14. The molecule has 0 heterocycles. The van der Waals surface area contributed by atoms with E-state index < -0.39 is 77.6 Å². The number of carbonyl (C=O) groups excluding carboxylic acids is 2. The minimum atomic E-state index is -4.68. The number of ether oxygens (including phenoxy) is 10. The molecule has 0 unspecified atom stereocenters. The maximum atomic E-state index is 15.5. The van der Waals surface area contributed by atoms with E-state index in [-0.39, 0.29) is 125 Å². The van der Waals surface area contributed by atoms with Crippen LogP contribution in [-0.2, 0) is 127 Å². The first kappa shape index (κ1) is 108. The number of nitrogens with one attached hydrogen (secondary N) is 1. The molecule has 4 aromatic rings. The van der Waals surface area contributed by atoms with Crippen molar-refractivity contribution in [1.82, 2.24) is 24.9 Å². The van der Waals surface area contributed by atoms with Gasteiger partial charge in [0, 0.05) is 115 Å². The maximum Gasteiger partial charge on any atom is 2.00 e. The molecule has 0 saturated carbocycles. The van der Waals surface area contributed by atoms with E-state index in [4.69, 9.17) is 65.5 Å². The number of rotatable bonds is 60. The van der Waals surface area contributed by atoms with Crippen LogP contribution >= 0.6 is 30.4 Å². The summed E-state index contributed by atoms with van der Waals surface area (Å²) in [6.45, 7) is 27.0. The summed E-state index contributed by atoms with van der Waals surface area (Å²) in [6, 6.07) is 27.5. The third-order valence-electron chi connectivity index (χ3n) is 16.4. The van der Waals surface area contributed by atoms with E-state index in [1.54, 1.807) is 64.8 Å². The van der Waals surface area contributed by atoms with E-state index in [0.29, 0.717) is 134 Å². The van der Waals surface area contributed by atoms with Gasteiger partial charge in [0.1, 0.15) is 53.9 Å². The second-order valence-corrected chi connectivity index (χ2v) is 38.8. The number of ketones is 1. The van der Waals surface area contributed by atoms with Crippen LogP contribution in [0.1, 0.15) is 170 Å². The molecule has 0 aliphatic carbocycles. The summed E-state index contributed by atoms with van der Waals surface area (Å²) in [5.41, 5.74) is -1.02. The molecule has 0 saturated heterocycles. The van der Waals surface area contributed by atoms with Gasteiger partial charge in [0.25, 0.3) is 0 Å². The van der Waals surface area contributed by atoms with E-state index in [0.717, 1.165) is 11.1 Å². The zero-order valence-corrected chi connectivity index (χ0v) is 76.0. The minimum absolute atomic E-state index is 0. The number of hydrogen-bond acceptors (Lipinski definition) is 26. The number of Topliss-reactive ketones (excluding diaryl/α,β-unsaturated/α-hetero) is 1. The Bertz CT molecular complexity index is 3460. The average Bonchev–Trinajstić information content (AvgIpc) is 0.806. The average molecular weight is 1760 g/mol. The minimum Gasteiger partial charge on any atom is -0.508 e. The molecule has 0 aliphatic heterocycles. The van der Waals surface area contributed by atoms with E-state index in [2.05, 4.69) is 15.1 Å². The second-order valence-electron chi connectivity index (χ2n) is 31.8. The van der Waals surface area contributed by atoms with Crippen LogP contribution in [-0.4, -0.2) is 242 Å². The number of benzene rings is 4. The Labute approximate surface area is 700 Å². The Morgan fingerprint density at radius 3 is 1.22 bits per heavy atom. The Balaban J connectivity index is 0.000000882. The number of aromatic hydroxyl groups is 2. The van der Waals surface area contributed by atoms with Crippen LogP contribution in [0.4, 0.5) is 0 Å². The molecule has 0 aromatic heterocycles. The molecular formula is C80H137FeN5O26P4+2. The van der Waals surface area contributed by atoms with Crippen molar-refractivity contribution in [3.63, 3.8) is 0 Å². The van der Waals surface area contributed by atoms with E-state index in [1.807, 2.05) is 132 Å². The number of para-hydroxylation sites is 4. The molecule has 7 N–H and O–H groups in total. The van der Waals surface area contributed by atoms with Gasteiger partial charge in [-0.05, 0) is 133 Å². The molecule has 0 fully saturated rings. The van der Waals surface area contributed by atoms with Crippen molar-refractivity contribution in [3.8, 4) is 23.0 Å².